The van der Waals surface area contributed by atoms with E-state index in [-0.39, 0.29) is 16.6 Å². The number of nitrogens with one attached hydrogen (secondary N) is 1. The van der Waals surface area contributed by atoms with E-state index < -0.39 is 85.8 Å². The lowest BCUT2D eigenvalue weighted by molar-refractivity contribution is -0.140. The molecule has 2 aromatic rings. The lowest BCUT2D eigenvalue weighted by Crippen LogP contribution is -2.40. The standard InChI is InChI=1S/C23H17Br2F10NO3S/c1-11(9-40(38,39)10-21(27,28)29)36-20(37)14-4-2-13(6-16(14)23(33,34)35)19(26)8-15(22(30,31)32)12-3-5-17(24)18(25)7-12/h2-8,11,15H,9-10H2,1H3,(H,36,37)/b19-8-/t11-,15?/m1/s1. The van der Waals surface area contributed by atoms with Crippen molar-refractivity contribution in [1.82, 2.24) is 5.32 Å². The van der Waals surface area contributed by atoms with E-state index in [1.807, 2.05) is 5.32 Å². The summed E-state index contributed by atoms with van der Waals surface area (Å²) in [6.07, 6.45) is -15.4. The Hall–Kier alpha value is -2.14. The number of carbonyl (C=O) groups is 1. The maximum absolute atomic E-state index is 14.9. The maximum atomic E-state index is 14.9. The highest BCUT2D eigenvalue weighted by Crippen LogP contribution is 2.41. The second-order valence-electron chi connectivity index (χ2n) is 8.51. The minimum atomic E-state index is -5.32. The molecule has 0 saturated heterocycles. The minimum absolute atomic E-state index is 0.0680. The van der Waals surface area contributed by atoms with Gasteiger partial charge in [-0.25, -0.2) is 12.8 Å². The van der Waals surface area contributed by atoms with E-state index in [1.165, 1.54) is 6.07 Å². The lowest BCUT2D eigenvalue weighted by atomic mass is 9.95. The smallest absolute Gasteiger partial charge is 0.349 e. The number of benzene rings is 2. The van der Waals surface area contributed by atoms with Crippen LogP contribution in [0.15, 0.2) is 51.4 Å². The fourth-order valence-corrected chi connectivity index (χ4v) is 5.59. The summed E-state index contributed by atoms with van der Waals surface area (Å²) in [6.45, 7) is 0.938. The Kier molecular flexibility index (Phi) is 10.5. The second kappa shape index (κ2) is 12.4. The van der Waals surface area contributed by atoms with Crippen LogP contribution in [0.5, 0.6) is 0 Å². The number of allylic oxidation sites excluding steroid dienone is 1. The van der Waals surface area contributed by atoms with Crippen LogP contribution in [0.3, 0.4) is 0 Å². The SMILES string of the molecule is C[C@H](CS(=O)(=O)CC(F)(F)F)NC(=O)c1ccc(/C(F)=C/C(c2ccc(Br)c(Br)c2)C(F)(F)F)cc1C(F)(F)F. The highest BCUT2D eigenvalue weighted by Gasteiger charge is 2.41. The molecule has 2 aromatic carbocycles. The number of hydrogen-bond acceptors (Lipinski definition) is 3. The van der Waals surface area contributed by atoms with Gasteiger partial charge in [-0.15, -0.1) is 0 Å². The van der Waals surface area contributed by atoms with Crippen molar-refractivity contribution < 1.29 is 57.1 Å². The van der Waals surface area contributed by atoms with Crippen molar-refractivity contribution in [3.8, 4) is 0 Å². The Bertz CT molecular complexity index is 1390. The normalized spacial score (nSPS) is 15.1. The van der Waals surface area contributed by atoms with Gasteiger partial charge in [0.05, 0.1) is 16.9 Å². The molecule has 0 bridgehead atoms. The van der Waals surface area contributed by atoms with E-state index in [4.69, 9.17) is 0 Å². The Morgan fingerprint density at radius 2 is 1.55 bits per heavy atom. The van der Waals surface area contributed by atoms with Gasteiger partial charge in [0.2, 0.25) is 0 Å². The second-order valence-corrected chi connectivity index (χ2v) is 12.3. The zero-order valence-electron chi connectivity index (χ0n) is 19.8. The molecule has 0 spiro atoms. The first-order chi connectivity index (χ1) is 18.0. The van der Waals surface area contributed by atoms with Crippen LogP contribution in [0.1, 0.15) is 39.9 Å². The number of rotatable bonds is 8. The first-order valence-electron chi connectivity index (χ1n) is 10.7. The molecule has 1 amide bonds. The van der Waals surface area contributed by atoms with Crippen molar-refractivity contribution >= 4 is 53.4 Å². The van der Waals surface area contributed by atoms with Crippen LogP contribution < -0.4 is 5.32 Å². The number of halogens is 12. The summed E-state index contributed by atoms with van der Waals surface area (Å²) >= 11 is 6.09. The summed E-state index contributed by atoms with van der Waals surface area (Å²) in [5.41, 5.74) is -4.31. The average molecular weight is 737 g/mol. The van der Waals surface area contributed by atoms with Crippen LogP contribution in [0.4, 0.5) is 43.9 Å². The summed E-state index contributed by atoms with van der Waals surface area (Å²) in [6, 6.07) is 2.90. The zero-order valence-corrected chi connectivity index (χ0v) is 23.8. The van der Waals surface area contributed by atoms with Crippen LogP contribution in [0, 0.1) is 0 Å². The van der Waals surface area contributed by atoms with E-state index >= 15 is 0 Å². The molecule has 222 valence electrons. The molecular formula is C23H17Br2F10NO3S. The monoisotopic (exact) mass is 735 g/mol. The molecule has 0 aliphatic carbocycles. The fraction of sp³-hybridized carbons (Fsp3) is 0.348. The molecule has 1 N–H and O–H groups in total. The Morgan fingerprint density at radius 3 is 2.05 bits per heavy atom. The average Bonchev–Trinajstić information content (AvgIpc) is 2.75. The van der Waals surface area contributed by atoms with Gasteiger partial charge in [0.15, 0.2) is 9.84 Å². The summed E-state index contributed by atoms with van der Waals surface area (Å²) in [5.74, 6) is -9.27. The van der Waals surface area contributed by atoms with E-state index in [2.05, 4.69) is 31.9 Å². The molecular weight excluding hydrogens is 720 g/mol. The van der Waals surface area contributed by atoms with E-state index in [1.54, 1.807) is 0 Å². The number of sulfone groups is 1. The largest absolute Gasteiger partial charge is 0.417 e. The van der Waals surface area contributed by atoms with E-state index in [0.29, 0.717) is 16.6 Å². The van der Waals surface area contributed by atoms with Gasteiger partial charge < -0.3 is 5.32 Å². The van der Waals surface area contributed by atoms with Crippen molar-refractivity contribution in [3.63, 3.8) is 0 Å². The zero-order chi connectivity index (χ0) is 30.8. The Labute approximate surface area is 238 Å². The molecule has 2 atom stereocenters. The highest BCUT2D eigenvalue weighted by atomic mass is 79.9. The van der Waals surface area contributed by atoms with Crippen LogP contribution in [-0.4, -0.2) is 44.2 Å². The van der Waals surface area contributed by atoms with Gasteiger partial charge in [-0.3, -0.25) is 4.79 Å². The summed E-state index contributed by atoms with van der Waals surface area (Å²) < 4.78 is 158. The number of carbonyl (C=O) groups excluding carboxylic acids is 1. The Morgan fingerprint density at radius 1 is 0.950 bits per heavy atom. The van der Waals surface area contributed by atoms with Crippen molar-refractivity contribution in [2.75, 3.05) is 11.5 Å². The first kappa shape index (κ1) is 34.1. The van der Waals surface area contributed by atoms with Crippen molar-refractivity contribution in [3.05, 3.63) is 73.7 Å². The predicted molar refractivity (Wildman–Crippen MR) is 133 cm³/mol. The molecule has 4 nitrogen and oxygen atoms in total. The van der Waals surface area contributed by atoms with Gasteiger partial charge in [-0.1, -0.05) is 12.1 Å². The summed E-state index contributed by atoms with van der Waals surface area (Å²) in [4.78, 5) is 12.4. The van der Waals surface area contributed by atoms with Crippen LogP contribution in [0.25, 0.3) is 5.83 Å². The van der Waals surface area contributed by atoms with Gasteiger partial charge in [0, 0.05) is 20.6 Å². The molecule has 0 aliphatic rings. The minimum Gasteiger partial charge on any atom is -0.349 e. The van der Waals surface area contributed by atoms with Gasteiger partial charge in [-0.05, 0) is 74.7 Å². The van der Waals surface area contributed by atoms with E-state index in [9.17, 15) is 57.1 Å². The molecule has 0 radical (unpaired) electrons. The third-order valence-corrected chi connectivity index (χ3v) is 8.73. The van der Waals surface area contributed by atoms with Crippen LogP contribution in [0.2, 0.25) is 0 Å². The summed E-state index contributed by atoms with van der Waals surface area (Å²) in [5, 5.41) is 1.83. The third-order valence-electron chi connectivity index (χ3n) is 5.08. The molecule has 0 aliphatic heterocycles. The molecule has 2 rings (SSSR count). The maximum Gasteiger partial charge on any atom is 0.417 e. The third kappa shape index (κ3) is 9.75. The molecule has 0 heterocycles. The van der Waals surface area contributed by atoms with Crippen molar-refractivity contribution in [1.29, 1.82) is 0 Å². The first-order valence-corrected chi connectivity index (χ1v) is 14.1. The summed E-state index contributed by atoms with van der Waals surface area (Å²) in [7, 11) is -4.79. The van der Waals surface area contributed by atoms with Gasteiger partial charge in [-0.2, -0.15) is 39.5 Å². The fourth-order valence-electron chi connectivity index (χ4n) is 3.49. The Balaban J connectivity index is 2.43. The van der Waals surface area contributed by atoms with Gasteiger partial charge in [0.25, 0.3) is 5.91 Å². The topological polar surface area (TPSA) is 63.2 Å². The molecule has 0 fully saturated rings. The molecule has 40 heavy (non-hydrogen) atoms. The molecule has 17 heteroatoms. The van der Waals surface area contributed by atoms with Crippen LogP contribution >= 0.6 is 31.9 Å². The lowest BCUT2D eigenvalue weighted by Gasteiger charge is -2.19. The van der Waals surface area contributed by atoms with Gasteiger partial charge in [0.1, 0.15) is 17.5 Å². The molecule has 0 aromatic heterocycles. The molecule has 0 saturated carbocycles. The number of hydrogen-bond donors (Lipinski definition) is 1. The quantitative estimate of drug-likeness (QED) is 0.280. The predicted octanol–water partition coefficient (Wildman–Crippen LogP) is 7.98. The highest BCUT2D eigenvalue weighted by molar-refractivity contribution is 9.13. The molecule has 1 unspecified atom stereocenters. The van der Waals surface area contributed by atoms with Gasteiger partial charge >= 0.3 is 18.5 Å². The van der Waals surface area contributed by atoms with Crippen LogP contribution in [-0.2, 0) is 16.0 Å². The number of alkyl halides is 9. The number of amides is 1. The van der Waals surface area contributed by atoms with Crippen molar-refractivity contribution in [2.45, 2.75) is 37.4 Å². The van der Waals surface area contributed by atoms with Crippen molar-refractivity contribution in [2.24, 2.45) is 0 Å². The van der Waals surface area contributed by atoms with E-state index in [0.717, 1.165) is 19.1 Å².